The number of hydrogen-bond acceptors (Lipinski definition) is 5. The number of carbonyl (C=O) groups excluding carboxylic acids is 2. The highest BCUT2D eigenvalue weighted by molar-refractivity contribution is 7.99. The molecule has 1 saturated carbocycles. The number of Topliss-reactive ketones (excluding diaryl/α,β-unsaturated/α-hetero) is 1. The molecule has 0 unspecified atom stereocenters. The Balaban J connectivity index is 1.74. The average Bonchev–Trinajstić information content (AvgIpc) is 3.44. The monoisotopic (exact) mass is 386 g/mol. The Labute approximate surface area is 163 Å². The molecule has 1 aliphatic carbocycles. The number of carbonyl (C=O) groups is 2. The maximum Gasteiger partial charge on any atom is 0.219 e. The molecule has 6 nitrogen and oxygen atoms in total. The number of primary amides is 1. The van der Waals surface area contributed by atoms with Crippen molar-refractivity contribution in [3.05, 3.63) is 40.7 Å². The second kappa shape index (κ2) is 8.69. The zero-order valence-corrected chi connectivity index (χ0v) is 16.7. The smallest absolute Gasteiger partial charge is 0.219 e. The van der Waals surface area contributed by atoms with E-state index in [1.54, 1.807) is 0 Å². The van der Waals surface area contributed by atoms with Crippen molar-refractivity contribution >= 4 is 23.5 Å². The largest absolute Gasteiger partial charge is 0.370 e. The van der Waals surface area contributed by atoms with Crippen molar-refractivity contribution in [1.29, 1.82) is 0 Å². The van der Waals surface area contributed by atoms with E-state index in [1.807, 2.05) is 10.6 Å². The Bertz CT molecular complexity index is 843. The molecule has 1 aliphatic rings. The fourth-order valence-corrected chi connectivity index (χ4v) is 3.96. The molecule has 3 rings (SSSR count). The summed E-state index contributed by atoms with van der Waals surface area (Å²) >= 11 is 1.39. The molecule has 1 aromatic heterocycles. The molecular weight excluding hydrogens is 360 g/mol. The van der Waals surface area contributed by atoms with Crippen molar-refractivity contribution < 1.29 is 9.59 Å². The van der Waals surface area contributed by atoms with E-state index in [-0.39, 0.29) is 18.1 Å². The van der Waals surface area contributed by atoms with Gasteiger partial charge in [0.05, 0.1) is 5.75 Å². The molecule has 0 radical (unpaired) electrons. The summed E-state index contributed by atoms with van der Waals surface area (Å²) in [6.07, 6.45) is 4.18. The normalized spacial score (nSPS) is 13.7. The van der Waals surface area contributed by atoms with E-state index < -0.39 is 0 Å². The number of thioether (sulfide) groups is 1. The summed E-state index contributed by atoms with van der Waals surface area (Å²) in [4.78, 5) is 24.0. The molecule has 0 aliphatic heterocycles. The minimum atomic E-state index is -0.346. The van der Waals surface area contributed by atoms with E-state index >= 15 is 0 Å². The van der Waals surface area contributed by atoms with Crippen LogP contribution in [0, 0.1) is 0 Å². The summed E-state index contributed by atoms with van der Waals surface area (Å²) in [6, 6.07) is 6.15. The van der Waals surface area contributed by atoms with Gasteiger partial charge in [-0.15, -0.1) is 10.2 Å². The number of aromatic nitrogens is 3. The summed E-state index contributed by atoms with van der Waals surface area (Å²) in [5, 5.41) is 9.26. The molecule has 0 bridgehead atoms. The maximum atomic E-state index is 12.8. The van der Waals surface area contributed by atoms with Gasteiger partial charge in [-0.3, -0.25) is 9.59 Å². The third kappa shape index (κ3) is 4.77. The van der Waals surface area contributed by atoms with Crippen molar-refractivity contribution in [3.63, 3.8) is 0 Å². The summed E-state index contributed by atoms with van der Waals surface area (Å²) in [5.41, 5.74) is 8.35. The Morgan fingerprint density at radius 3 is 2.63 bits per heavy atom. The highest BCUT2D eigenvalue weighted by atomic mass is 32.2. The SMILES string of the molecule is CCc1ccc(CC)c(C(=O)CSc2nnc(C3CC3)n2CCC(N)=O)c1. The first-order valence-electron chi connectivity index (χ1n) is 9.52. The molecule has 1 aromatic carbocycles. The van der Waals surface area contributed by atoms with Gasteiger partial charge in [-0.2, -0.15) is 0 Å². The molecule has 2 aromatic rings. The summed E-state index contributed by atoms with van der Waals surface area (Å²) in [5.74, 6) is 1.39. The highest BCUT2D eigenvalue weighted by Crippen LogP contribution is 2.40. The topological polar surface area (TPSA) is 90.9 Å². The lowest BCUT2D eigenvalue weighted by molar-refractivity contribution is -0.118. The predicted molar refractivity (Wildman–Crippen MR) is 106 cm³/mol. The van der Waals surface area contributed by atoms with Crippen LogP contribution < -0.4 is 5.73 Å². The zero-order chi connectivity index (χ0) is 19.4. The first-order valence-corrected chi connectivity index (χ1v) is 10.5. The number of benzene rings is 1. The average molecular weight is 387 g/mol. The van der Waals surface area contributed by atoms with Gasteiger partial charge in [-0.25, -0.2) is 0 Å². The third-order valence-corrected chi connectivity index (χ3v) is 5.83. The van der Waals surface area contributed by atoms with Gasteiger partial charge in [0.1, 0.15) is 5.82 Å². The minimum absolute atomic E-state index is 0.101. The lowest BCUT2D eigenvalue weighted by atomic mass is 9.98. The fourth-order valence-electron chi connectivity index (χ4n) is 3.10. The van der Waals surface area contributed by atoms with E-state index in [2.05, 4.69) is 36.2 Å². The Hall–Kier alpha value is -2.15. The van der Waals surface area contributed by atoms with Crippen LogP contribution in [0.15, 0.2) is 23.4 Å². The van der Waals surface area contributed by atoms with Crippen LogP contribution >= 0.6 is 11.8 Å². The Kier molecular flexibility index (Phi) is 6.31. The van der Waals surface area contributed by atoms with Crippen molar-refractivity contribution in [2.45, 2.75) is 63.6 Å². The lowest BCUT2D eigenvalue weighted by Crippen LogP contribution is -2.16. The van der Waals surface area contributed by atoms with Crippen LogP contribution in [-0.4, -0.2) is 32.2 Å². The maximum absolute atomic E-state index is 12.8. The summed E-state index contributed by atoms with van der Waals surface area (Å²) in [7, 11) is 0. The quantitative estimate of drug-likeness (QED) is 0.500. The van der Waals surface area contributed by atoms with Crippen molar-refractivity contribution in [2.24, 2.45) is 5.73 Å². The Morgan fingerprint density at radius 2 is 2.00 bits per heavy atom. The van der Waals surface area contributed by atoms with Gasteiger partial charge < -0.3 is 10.3 Å². The van der Waals surface area contributed by atoms with Gasteiger partial charge in [0.2, 0.25) is 5.91 Å². The van der Waals surface area contributed by atoms with E-state index in [9.17, 15) is 9.59 Å². The second-order valence-electron chi connectivity index (χ2n) is 6.89. The van der Waals surface area contributed by atoms with Gasteiger partial charge in [-0.05, 0) is 42.9 Å². The number of rotatable bonds is 10. The van der Waals surface area contributed by atoms with E-state index in [1.165, 1.54) is 17.3 Å². The third-order valence-electron chi connectivity index (χ3n) is 4.87. The first kappa shape index (κ1) is 19.6. The number of nitrogens with zero attached hydrogens (tertiary/aromatic N) is 3. The number of ketones is 1. The van der Waals surface area contributed by atoms with Crippen LogP contribution in [0.1, 0.15) is 66.3 Å². The van der Waals surface area contributed by atoms with Gasteiger partial charge >= 0.3 is 0 Å². The molecule has 144 valence electrons. The van der Waals surface area contributed by atoms with Crippen LogP contribution in [-0.2, 0) is 24.2 Å². The summed E-state index contributed by atoms with van der Waals surface area (Å²) < 4.78 is 1.96. The first-order chi connectivity index (χ1) is 13.0. The van der Waals surface area contributed by atoms with Gasteiger partial charge in [0, 0.05) is 24.4 Å². The van der Waals surface area contributed by atoms with Crippen LogP contribution in [0.2, 0.25) is 0 Å². The van der Waals surface area contributed by atoms with Gasteiger partial charge in [0.15, 0.2) is 10.9 Å². The van der Waals surface area contributed by atoms with Crippen LogP contribution in [0.25, 0.3) is 0 Å². The molecule has 0 spiro atoms. The number of hydrogen-bond donors (Lipinski definition) is 1. The molecule has 1 amide bonds. The van der Waals surface area contributed by atoms with E-state index in [4.69, 9.17) is 5.73 Å². The lowest BCUT2D eigenvalue weighted by Gasteiger charge is -2.10. The predicted octanol–water partition coefficient (Wildman–Crippen LogP) is 3.13. The molecule has 0 saturated heterocycles. The van der Waals surface area contributed by atoms with Crippen LogP contribution in [0.5, 0.6) is 0 Å². The molecule has 1 heterocycles. The van der Waals surface area contributed by atoms with Gasteiger partial charge in [0.25, 0.3) is 0 Å². The fraction of sp³-hybridized carbons (Fsp3) is 0.500. The number of amides is 1. The molecule has 7 heteroatoms. The summed E-state index contributed by atoms with van der Waals surface area (Å²) in [6.45, 7) is 4.62. The molecular formula is C20H26N4O2S. The zero-order valence-electron chi connectivity index (χ0n) is 15.9. The molecule has 27 heavy (non-hydrogen) atoms. The Morgan fingerprint density at radius 1 is 1.22 bits per heavy atom. The molecule has 2 N–H and O–H groups in total. The van der Waals surface area contributed by atoms with E-state index in [0.717, 1.165) is 42.6 Å². The second-order valence-corrected chi connectivity index (χ2v) is 7.84. The van der Waals surface area contributed by atoms with Crippen LogP contribution in [0.4, 0.5) is 0 Å². The standard InChI is InChI=1S/C20H26N4O2S/c1-3-13-5-6-14(4-2)16(11-13)17(25)12-27-20-23-22-19(15-7-8-15)24(20)10-9-18(21)26/h5-6,11,15H,3-4,7-10,12H2,1-2H3,(H2,21,26). The number of nitrogens with two attached hydrogens (primary N) is 1. The van der Waals surface area contributed by atoms with Gasteiger partial charge in [-0.1, -0.05) is 37.7 Å². The highest BCUT2D eigenvalue weighted by Gasteiger charge is 2.30. The van der Waals surface area contributed by atoms with Crippen molar-refractivity contribution in [1.82, 2.24) is 14.8 Å². The molecule has 1 fully saturated rings. The van der Waals surface area contributed by atoms with Crippen LogP contribution in [0.3, 0.4) is 0 Å². The van der Waals surface area contributed by atoms with Crippen molar-refractivity contribution in [2.75, 3.05) is 5.75 Å². The molecule has 0 atom stereocenters. The van der Waals surface area contributed by atoms with E-state index in [0.29, 0.717) is 23.4 Å². The van der Waals surface area contributed by atoms with Crippen molar-refractivity contribution in [3.8, 4) is 0 Å². The number of aryl methyl sites for hydroxylation is 2. The minimum Gasteiger partial charge on any atom is -0.370 e.